The van der Waals surface area contributed by atoms with E-state index in [0.29, 0.717) is 11.5 Å². The van der Waals surface area contributed by atoms with Gasteiger partial charge < -0.3 is 10.0 Å². The maximum atomic E-state index is 10.9. The van der Waals surface area contributed by atoms with Gasteiger partial charge in [-0.15, -0.1) is 0 Å². The van der Waals surface area contributed by atoms with Crippen LogP contribution in [-0.2, 0) is 6.42 Å². The highest BCUT2D eigenvalue weighted by Crippen LogP contribution is 2.14. The first-order valence-electron chi connectivity index (χ1n) is 6.53. The highest BCUT2D eigenvalue weighted by molar-refractivity contribution is 5.87. The average Bonchev–Trinajstić information content (AvgIpc) is 2.36. The van der Waals surface area contributed by atoms with E-state index in [9.17, 15) is 4.79 Å². The lowest BCUT2D eigenvalue weighted by Crippen LogP contribution is -2.21. The molecule has 0 saturated heterocycles. The Morgan fingerprint density at radius 2 is 2.17 bits per heavy atom. The van der Waals surface area contributed by atoms with Crippen molar-refractivity contribution >= 4 is 5.97 Å². The van der Waals surface area contributed by atoms with E-state index in [2.05, 4.69) is 25.8 Å². The van der Waals surface area contributed by atoms with Crippen LogP contribution in [-0.4, -0.2) is 36.1 Å². The van der Waals surface area contributed by atoms with Gasteiger partial charge in [-0.05, 0) is 56.6 Å². The Kier molecular flexibility index (Phi) is 5.86. The van der Waals surface area contributed by atoms with E-state index in [1.54, 1.807) is 12.1 Å². The summed E-state index contributed by atoms with van der Waals surface area (Å²) in [6, 6.07) is 7.25. The Bertz CT molecular complexity index is 390. The highest BCUT2D eigenvalue weighted by Gasteiger charge is 2.08. The molecule has 1 unspecified atom stereocenters. The fourth-order valence-electron chi connectivity index (χ4n) is 1.93. The average molecular weight is 249 g/mol. The fourth-order valence-corrected chi connectivity index (χ4v) is 1.93. The molecule has 0 radical (unpaired) electrons. The van der Waals surface area contributed by atoms with Gasteiger partial charge in [0.25, 0.3) is 0 Å². The first-order valence-corrected chi connectivity index (χ1v) is 6.53. The van der Waals surface area contributed by atoms with Crippen molar-refractivity contribution in [2.45, 2.75) is 26.7 Å². The van der Waals surface area contributed by atoms with Crippen molar-refractivity contribution in [1.29, 1.82) is 0 Å². The molecule has 1 N–H and O–H groups in total. The van der Waals surface area contributed by atoms with Crippen LogP contribution in [0.2, 0.25) is 0 Å². The Morgan fingerprint density at radius 1 is 1.44 bits per heavy atom. The van der Waals surface area contributed by atoms with Crippen molar-refractivity contribution in [2.24, 2.45) is 5.92 Å². The van der Waals surface area contributed by atoms with Gasteiger partial charge in [0.15, 0.2) is 0 Å². The molecule has 1 atom stereocenters. The molecule has 0 saturated carbocycles. The predicted octanol–water partition coefficient (Wildman–Crippen LogP) is 2.91. The molecule has 0 heterocycles. The maximum absolute atomic E-state index is 10.9. The molecule has 0 bridgehead atoms. The largest absolute Gasteiger partial charge is 0.478 e. The summed E-state index contributed by atoms with van der Waals surface area (Å²) in [5.41, 5.74) is 1.49. The second kappa shape index (κ2) is 7.17. The van der Waals surface area contributed by atoms with Gasteiger partial charge in [-0.25, -0.2) is 4.79 Å². The Labute approximate surface area is 109 Å². The number of benzene rings is 1. The number of hydrogen-bond donors (Lipinski definition) is 1. The van der Waals surface area contributed by atoms with E-state index >= 15 is 0 Å². The lowest BCUT2D eigenvalue weighted by molar-refractivity contribution is 0.0696. The third-order valence-electron chi connectivity index (χ3n) is 3.30. The lowest BCUT2D eigenvalue weighted by Gasteiger charge is -2.17. The van der Waals surface area contributed by atoms with Gasteiger partial charge in [0.05, 0.1) is 5.56 Å². The third-order valence-corrected chi connectivity index (χ3v) is 3.30. The van der Waals surface area contributed by atoms with Crippen LogP contribution in [0.4, 0.5) is 0 Å². The van der Waals surface area contributed by atoms with E-state index in [1.165, 1.54) is 0 Å². The van der Waals surface area contributed by atoms with Crippen LogP contribution in [0, 0.1) is 5.92 Å². The molecule has 3 heteroatoms. The smallest absolute Gasteiger partial charge is 0.335 e. The fraction of sp³-hybridized carbons (Fsp3) is 0.533. The third kappa shape index (κ3) is 4.88. The normalized spacial score (nSPS) is 12.7. The predicted molar refractivity (Wildman–Crippen MR) is 74.1 cm³/mol. The molecular formula is C15H23NO2. The van der Waals surface area contributed by atoms with Crippen LogP contribution < -0.4 is 0 Å². The number of carboxylic acid groups (broad SMARTS) is 1. The van der Waals surface area contributed by atoms with E-state index in [4.69, 9.17) is 5.11 Å². The Hall–Kier alpha value is -1.35. The van der Waals surface area contributed by atoms with Crippen molar-refractivity contribution in [1.82, 2.24) is 4.90 Å². The molecule has 0 aliphatic heterocycles. The first-order chi connectivity index (χ1) is 8.52. The van der Waals surface area contributed by atoms with Crippen LogP contribution in [0.5, 0.6) is 0 Å². The van der Waals surface area contributed by atoms with Crippen LogP contribution in [0.1, 0.15) is 36.2 Å². The number of carbonyl (C=O) groups is 1. The molecule has 1 aromatic rings. The topological polar surface area (TPSA) is 40.5 Å². The molecule has 1 aromatic carbocycles. The molecular weight excluding hydrogens is 226 g/mol. The van der Waals surface area contributed by atoms with Crippen molar-refractivity contribution in [3.05, 3.63) is 35.4 Å². The molecule has 1 rings (SSSR count). The van der Waals surface area contributed by atoms with E-state index < -0.39 is 5.97 Å². The van der Waals surface area contributed by atoms with Gasteiger partial charge in [0, 0.05) is 0 Å². The number of aromatic carboxylic acids is 1. The Balaban J connectivity index is 2.51. The second-order valence-electron chi connectivity index (χ2n) is 5.00. The number of hydrogen-bond acceptors (Lipinski definition) is 2. The van der Waals surface area contributed by atoms with Crippen molar-refractivity contribution < 1.29 is 9.90 Å². The molecule has 0 aliphatic carbocycles. The number of carboxylic acids is 1. The standard InChI is InChI=1S/C15H23NO2/c1-4-16(3)9-8-12(2)10-13-6-5-7-14(11-13)15(17)18/h5-7,11-12H,4,8-10H2,1-3H3,(H,17,18). The minimum absolute atomic E-state index is 0.380. The number of nitrogens with zero attached hydrogens (tertiary/aromatic N) is 1. The summed E-state index contributed by atoms with van der Waals surface area (Å²) in [6.45, 7) is 6.54. The quantitative estimate of drug-likeness (QED) is 0.807. The van der Waals surface area contributed by atoms with Crippen molar-refractivity contribution in [3.63, 3.8) is 0 Å². The molecule has 3 nitrogen and oxygen atoms in total. The lowest BCUT2D eigenvalue weighted by atomic mass is 9.97. The molecule has 0 fully saturated rings. The maximum Gasteiger partial charge on any atom is 0.335 e. The van der Waals surface area contributed by atoms with Crippen LogP contribution >= 0.6 is 0 Å². The van der Waals surface area contributed by atoms with E-state index in [0.717, 1.165) is 31.5 Å². The highest BCUT2D eigenvalue weighted by atomic mass is 16.4. The number of rotatable bonds is 7. The van der Waals surface area contributed by atoms with E-state index in [-0.39, 0.29) is 0 Å². The van der Waals surface area contributed by atoms with E-state index in [1.807, 2.05) is 12.1 Å². The zero-order valence-corrected chi connectivity index (χ0v) is 11.5. The van der Waals surface area contributed by atoms with Crippen molar-refractivity contribution in [3.8, 4) is 0 Å². The molecule has 0 amide bonds. The van der Waals surface area contributed by atoms with Crippen LogP contribution in [0.25, 0.3) is 0 Å². The summed E-state index contributed by atoms with van der Waals surface area (Å²) in [6.07, 6.45) is 2.08. The van der Waals surface area contributed by atoms with Crippen LogP contribution in [0.15, 0.2) is 24.3 Å². The summed E-state index contributed by atoms with van der Waals surface area (Å²) >= 11 is 0. The summed E-state index contributed by atoms with van der Waals surface area (Å²) in [7, 11) is 2.12. The molecule has 0 spiro atoms. The van der Waals surface area contributed by atoms with Gasteiger partial charge in [0.2, 0.25) is 0 Å². The SMILES string of the molecule is CCN(C)CCC(C)Cc1cccc(C(=O)O)c1. The first kappa shape index (κ1) is 14.7. The zero-order chi connectivity index (χ0) is 13.5. The summed E-state index contributed by atoms with van der Waals surface area (Å²) in [5, 5.41) is 8.94. The summed E-state index contributed by atoms with van der Waals surface area (Å²) in [5.74, 6) is -0.279. The van der Waals surface area contributed by atoms with Crippen molar-refractivity contribution in [2.75, 3.05) is 20.1 Å². The molecule has 100 valence electrons. The summed E-state index contributed by atoms with van der Waals surface area (Å²) in [4.78, 5) is 13.2. The molecule has 0 aromatic heterocycles. The monoisotopic (exact) mass is 249 g/mol. The zero-order valence-electron chi connectivity index (χ0n) is 11.5. The van der Waals surface area contributed by atoms with Gasteiger partial charge in [-0.2, -0.15) is 0 Å². The summed E-state index contributed by atoms with van der Waals surface area (Å²) < 4.78 is 0. The molecule has 18 heavy (non-hydrogen) atoms. The molecule has 0 aliphatic rings. The van der Waals surface area contributed by atoms with Gasteiger partial charge in [-0.1, -0.05) is 26.0 Å². The minimum atomic E-state index is -0.852. The van der Waals surface area contributed by atoms with Crippen LogP contribution in [0.3, 0.4) is 0 Å². The second-order valence-corrected chi connectivity index (χ2v) is 5.00. The van der Waals surface area contributed by atoms with Gasteiger partial charge >= 0.3 is 5.97 Å². The van der Waals surface area contributed by atoms with Gasteiger partial charge in [0.1, 0.15) is 0 Å². The Morgan fingerprint density at radius 3 is 2.78 bits per heavy atom. The minimum Gasteiger partial charge on any atom is -0.478 e. The van der Waals surface area contributed by atoms with Gasteiger partial charge in [-0.3, -0.25) is 0 Å².